The highest BCUT2D eigenvalue weighted by molar-refractivity contribution is 5.34. The lowest BCUT2D eigenvalue weighted by Crippen LogP contribution is -2.24. The molecule has 1 aliphatic heterocycles. The van der Waals surface area contributed by atoms with Crippen molar-refractivity contribution in [2.75, 3.05) is 6.61 Å². The van der Waals surface area contributed by atoms with Gasteiger partial charge in [0.15, 0.2) is 6.29 Å². The summed E-state index contributed by atoms with van der Waals surface area (Å²) in [4.78, 5) is 0. The lowest BCUT2D eigenvalue weighted by atomic mass is 9.84. The maximum atomic E-state index is 9.44. The minimum Gasteiger partial charge on any atom is -0.508 e. The maximum Gasteiger partial charge on any atom is 0.199 e. The van der Waals surface area contributed by atoms with Gasteiger partial charge in [0, 0.05) is 6.42 Å². The van der Waals surface area contributed by atoms with Crippen LogP contribution in [0.4, 0.5) is 0 Å². The van der Waals surface area contributed by atoms with Crippen molar-refractivity contribution in [3.63, 3.8) is 0 Å². The largest absolute Gasteiger partial charge is 0.508 e. The number of rotatable bonds is 5. The normalized spacial score (nSPS) is 20.3. The van der Waals surface area contributed by atoms with Crippen LogP contribution >= 0.6 is 0 Å². The Balaban J connectivity index is 1.64. The highest BCUT2D eigenvalue weighted by Crippen LogP contribution is 2.33. The summed E-state index contributed by atoms with van der Waals surface area (Å²) in [7, 11) is 0. The van der Waals surface area contributed by atoms with Gasteiger partial charge in [-0.2, -0.15) is 0 Å². The fraction of sp³-hybridized carbons (Fsp3) is 0.429. The second kappa shape index (κ2) is 7.71. The summed E-state index contributed by atoms with van der Waals surface area (Å²) < 4.78 is 11.5. The molecule has 1 saturated heterocycles. The third kappa shape index (κ3) is 4.09. The lowest BCUT2D eigenvalue weighted by molar-refractivity contribution is -0.105. The highest BCUT2D eigenvalue weighted by Gasteiger charge is 2.18. The summed E-state index contributed by atoms with van der Waals surface area (Å²) in [6.45, 7) is 5.25. The highest BCUT2D eigenvalue weighted by atomic mass is 16.7. The average Bonchev–Trinajstić information content (AvgIpc) is 2.63. The smallest absolute Gasteiger partial charge is 0.199 e. The topological polar surface area (TPSA) is 38.7 Å². The van der Waals surface area contributed by atoms with E-state index < -0.39 is 0 Å². The van der Waals surface area contributed by atoms with Gasteiger partial charge in [-0.3, -0.25) is 0 Å². The summed E-state index contributed by atoms with van der Waals surface area (Å²) in [5.74, 6) is 1.94. The molecule has 2 aromatic carbocycles. The molecule has 2 aromatic rings. The van der Waals surface area contributed by atoms with E-state index in [1.807, 2.05) is 24.3 Å². The van der Waals surface area contributed by atoms with Gasteiger partial charge in [0.25, 0.3) is 0 Å². The van der Waals surface area contributed by atoms with E-state index in [1.165, 1.54) is 17.5 Å². The molecule has 0 spiro atoms. The average molecular weight is 326 g/mol. The third-order valence-corrected chi connectivity index (χ3v) is 4.98. The van der Waals surface area contributed by atoms with Crippen LogP contribution in [-0.2, 0) is 4.74 Å². The predicted octanol–water partition coefficient (Wildman–Crippen LogP) is 5.20. The van der Waals surface area contributed by atoms with Crippen LogP contribution in [0.25, 0.3) is 0 Å². The minimum atomic E-state index is -0.0991. The maximum absolute atomic E-state index is 9.44. The molecule has 128 valence electrons. The van der Waals surface area contributed by atoms with Crippen LogP contribution in [0, 0.1) is 0 Å². The molecule has 3 heteroatoms. The van der Waals surface area contributed by atoms with Crippen molar-refractivity contribution >= 4 is 0 Å². The van der Waals surface area contributed by atoms with E-state index in [2.05, 4.69) is 26.0 Å². The number of phenolic OH excluding ortho intramolecular Hbond substituents is 1. The first-order chi connectivity index (χ1) is 11.6. The summed E-state index contributed by atoms with van der Waals surface area (Å²) in [5.41, 5.74) is 2.52. The second-order valence-electron chi connectivity index (χ2n) is 6.65. The number of phenols is 1. The molecule has 3 atom stereocenters. The van der Waals surface area contributed by atoms with Crippen LogP contribution in [0.5, 0.6) is 11.5 Å². The van der Waals surface area contributed by atoms with Crippen molar-refractivity contribution in [2.24, 2.45) is 0 Å². The van der Waals surface area contributed by atoms with Gasteiger partial charge in [0.1, 0.15) is 11.5 Å². The summed E-state index contributed by atoms with van der Waals surface area (Å²) in [5, 5.41) is 9.44. The van der Waals surface area contributed by atoms with Crippen molar-refractivity contribution in [3.05, 3.63) is 59.7 Å². The Kier molecular flexibility index (Phi) is 5.41. The molecule has 0 bridgehead atoms. The Labute approximate surface area is 144 Å². The zero-order chi connectivity index (χ0) is 16.9. The Bertz CT molecular complexity index is 627. The standard InChI is InChI=1S/C21H26O3/c1-15(17-6-10-19(22)11-7-17)16(2)18-8-12-20(13-9-18)24-21-5-3-4-14-23-21/h6-13,15-16,21-22H,3-5,14H2,1-2H3. The number of hydrogen-bond donors (Lipinski definition) is 1. The fourth-order valence-corrected chi connectivity index (χ4v) is 3.16. The van der Waals surface area contributed by atoms with Gasteiger partial charge in [-0.05, 0) is 60.1 Å². The molecule has 0 aliphatic carbocycles. The first kappa shape index (κ1) is 16.8. The molecule has 3 rings (SSSR count). The molecular weight excluding hydrogens is 300 g/mol. The van der Waals surface area contributed by atoms with Gasteiger partial charge >= 0.3 is 0 Å². The van der Waals surface area contributed by atoms with Gasteiger partial charge in [-0.1, -0.05) is 38.1 Å². The zero-order valence-electron chi connectivity index (χ0n) is 14.4. The first-order valence-corrected chi connectivity index (χ1v) is 8.80. The molecule has 3 nitrogen and oxygen atoms in total. The number of benzene rings is 2. The molecule has 1 N–H and O–H groups in total. The van der Waals surface area contributed by atoms with Gasteiger partial charge in [-0.15, -0.1) is 0 Å². The van der Waals surface area contributed by atoms with Crippen molar-refractivity contribution < 1.29 is 14.6 Å². The fourth-order valence-electron chi connectivity index (χ4n) is 3.16. The van der Waals surface area contributed by atoms with E-state index in [4.69, 9.17) is 9.47 Å². The monoisotopic (exact) mass is 326 g/mol. The van der Waals surface area contributed by atoms with E-state index in [0.717, 1.165) is 25.2 Å². The molecule has 0 aromatic heterocycles. The van der Waals surface area contributed by atoms with Crippen molar-refractivity contribution in [1.82, 2.24) is 0 Å². The van der Waals surface area contributed by atoms with Crippen molar-refractivity contribution in [2.45, 2.75) is 51.2 Å². The SMILES string of the molecule is CC(c1ccc(O)cc1)C(C)c1ccc(OC2CCCCO2)cc1. The Morgan fingerprint density at radius 3 is 2.04 bits per heavy atom. The van der Waals surface area contributed by atoms with E-state index in [9.17, 15) is 5.11 Å². The summed E-state index contributed by atoms with van der Waals surface area (Å²) in [6, 6.07) is 15.8. The molecule has 1 heterocycles. The molecule has 0 radical (unpaired) electrons. The van der Waals surface area contributed by atoms with Gasteiger partial charge in [0.2, 0.25) is 0 Å². The minimum absolute atomic E-state index is 0.0991. The number of ether oxygens (including phenoxy) is 2. The summed E-state index contributed by atoms with van der Waals surface area (Å²) in [6.07, 6.45) is 3.17. The van der Waals surface area contributed by atoms with E-state index >= 15 is 0 Å². The van der Waals surface area contributed by atoms with Gasteiger partial charge < -0.3 is 14.6 Å². The van der Waals surface area contributed by atoms with Crippen LogP contribution in [-0.4, -0.2) is 18.0 Å². The molecule has 0 amide bonds. The second-order valence-corrected chi connectivity index (χ2v) is 6.65. The van der Waals surface area contributed by atoms with Gasteiger partial charge in [-0.25, -0.2) is 0 Å². The lowest BCUT2D eigenvalue weighted by Gasteiger charge is -2.24. The summed E-state index contributed by atoms with van der Waals surface area (Å²) >= 11 is 0. The zero-order valence-corrected chi connectivity index (χ0v) is 14.4. The van der Waals surface area contributed by atoms with Gasteiger partial charge in [0.05, 0.1) is 6.61 Å². The molecular formula is C21H26O3. The molecule has 3 unspecified atom stereocenters. The van der Waals surface area contributed by atoms with E-state index in [-0.39, 0.29) is 6.29 Å². The van der Waals surface area contributed by atoms with Crippen LogP contribution in [0.3, 0.4) is 0 Å². The quantitative estimate of drug-likeness (QED) is 0.820. The Hall–Kier alpha value is -2.00. The third-order valence-electron chi connectivity index (χ3n) is 4.98. The van der Waals surface area contributed by atoms with E-state index in [0.29, 0.717) is 17.6 Å². The molecule has 1 aliphatic rings. The van der Waals surface area contributed by atoms with Crippen LogP contribution in [0.2, 0.25) is 0 Å². The van der Waals surface area contributed by atoms with Crippen LogP contribution in [0.1, 0.15) is 56.1 Å². The Morgan fingerprint density at radius 2 is 1.50 bits per heavy atom. The molecule has 1 fully saturated rings. The molecule has 0 saturated carbocycles. The van der Waals surface area contributed by atoms with Crippen molar-refractivity contribution in [1.29, 1.82) is 0 Å². The van der Waals surface area contributed by atoms with Crippen LogP contribution in [0.15, 0.2) is 48.5 Å². The predicted molar refractivity (Wildman–Crippen MR) is 95.6 cm³/mol. The first-order valence-electron chi connectivity index (χ1n) is 8.80. The van der Waals surface area contributed by atoms with Crippen molar-refractivity contribution in [3.8, 4) is 11.5 Å². The molecule has 24 heavy (non-hydrogen) atoms. The number of hydrogen-bond acceptors (Lipinski definition) is 3. The van der Waals surface area contributed by atoms with Crippen LogP contribution < -0.4 is 4.74 Å². The number of aromatic hydroxyl groups is 1. The van der Waals surface area contributed by atoms with E-state index in [1.54, 1.807) is 12.1 Å². The Morgan fingerprint density at radius 1 is 0.917 bits per heavy atom.